The average molecular weight is 437 g/mol. The van der Waals surface area contributed by atoms with Crippen LogP contribution < -0.4 is 5.32 Å². The van der Waals surface area contributed by atoms with E-state index in [4.69, 9.17) is 4.74 Å². The Balaban J connectivity index is 1.65. The van der Waals surface area contributed by atoms with Crippen LogP contribution in [0.5, 0.6) is 0 Å². The number of nitrogens with zero attached hydrogens (tertiary/aromatic N) is 3. The summed E-state index contributed by atoms with van der Waals surface area (Å²) in [7, 11) is 0. The molecule has 158 valence electrons. The van der Waals surface area contributed by atoms with E-state index in [9.17, 15) is 9.59 Å². The SMILES string of the molecule is CCOC(=O)c1cc(CC)sc1NC(=O)CSc1nnc(C2CCCC2)n1CC. The van der Waals surface area contributed by atoms with Crippen LogP contribution in [0.3, 0.4) is 0 Å². The van der Waals surface area contributed by atoms with Crippen LogP contribution in [0.15, 0.2) is 11.2 Å². The van der Waals surface area contributed by atoms with Crippen LogP contribution in [0.4, 0.5) is 5.00 Å². The number of rotatable bonds is 9. The number of amides is 1. The topological polar surface area (TPSA) is 86.1 Å². The summed E-state index contributed by atoms with van der Waals surface area (Å²) in [6.07, 6.45) is 5.62. The van der Waals surface area contributed by atoms with Crippen LogP contribution in [-0.2, 0) is 22.5 Å². The van der Waals surface area contributed by atoms with Gasteiger partial charge in [0.2, 0.25) is 5.91 Å². The second-order valence-corrected chi connectivity index (χ2v) is 9.01. The Morgan fingerprint density at radius 2 is 2.03 bits per heavy atom. The van der Waals surface area contributed by atoms with Crippen molar-refractivity contribution in [1.82, 2.24) is 14.8 Å². The summed E-state index contributed by atoms with van der Waals surface area (Å²) in [5.41, 5.74) is 0.423. The highest BCUT2D eigenvalue weighted by molar-refractivity contribution is 7.99. The number of hydrogen-bond acceptors (Lipinski definition) is 7. The highest BCUT2D eigenvalue weighted by Gasteiger charge is 2.24. The summed E-state index contributed by atoms with van der Waals surface area (Å²) in [6.45, 7) is 6.96. The van der Waals surface area contributed by atoms with Gasteiger partial charge in [-0.15, -0.1) is 21.5 Å². The molecule has 0 atom stereocenters. The maximum absolute atomic E-state index is 12.5. The fourth-order valence-electron chi connectivity index (χ4n) is 3.55. The van der Waals surface area contributed by atoms with Gasteiger partial charge in [0, 0.05) is 17.3 Å². The van der Waals surface area contributed by atoms with Gasteiger partial charge in [0.1, 0.15) is 10.8 Å². The lowest BCUT2D eigenvalue weighted by Gasteiger charge is -2.11. The maximum atomic E-state index is 12.5. The van der Waals surface area contributed by atoms with Gasteiger partial charge in [-0.05, 0) is 39.2 Å². The molecule has 0 aliphatic heterocycles. The molecule has 3 rings (SSSR count). The van der Waals surface area contributed by atoms with Gasteiger partial charge in [0.05, 0.1) is 17.9 Å². The van der Waals surface area contributed by atoms with E-state index in [0.29, 0.717) is 23.1 Å². The number of hydrogen-bond donors (Lipinski definition) is 1. The van der Waals surface area contributed by atoms with Gasteiger partial charge in [-0.25, -0.2) is 4.79 Å². The predicted octanol–water partition coefficient (Wildman–Crippen LogP) is 4.49. The average Bonchev–Trinajstić information content (AvgIpc) is 3.45. The van der Waals surface area contributed by atoms with Crippen molar-refractivity contribution in [3.05, 3.63) is 22.3 Å². The van der Waals surface area contributed by atoms with Crippen molar-refractivity contribution in [2.45, 2.75) is 70.5 Å². The third-order valence-corrected chi connectivity index (χ3v) is 7.16. The van der Waals surface area contributed by atoms with E-state index < -0.39 is 5.97 Å². The first-order chi connectivity index (χ1) is 14.1. The van der Waals surface area contributed by atoms with E-state index in [-0.39, 0.29) is 11.7 Å². The molecule has 0 aromatic carbocycles. The van der Waals surface area contributed by atoms with Gasteiger partial charge < -0.3 is 14.6 Å². The maximum Gasteiger partial charge on any atom is 0.341 e. The molecular weight excluding hydrogens is 408 g/mol. The van der Waals surface area contributed by atoms with Crippen LogP contribution >= 0.6 is 23.1 Å². The van der Waals surface area contributed by atoms with Crippen LogP contribution in [-0.4, -0.2) is 39.0 Å². The summed E-state index contributed by atoms with van der Waals surface area (Å²) in [5, 5.41) is 12.9. The van der Waals surface area contributed by atoms with Gasteiger partial charge in [0.15, 0.2) is 5.16 Å². The van der Waals surface area contributed by atoms with Crippen LogP contribution in [0.2, 0.25) is 0 Å². The van der Waals surface area contributed by atoms with Crippen LogP contribution in [0.1, 0.15) is 73.4 Å². The zero-order valence-electron chi connectivity index (χ0n) is 17.2. The highest BCUT2D eigenvalue weighted by atomic mass is 32.2. The molecule has 0 spiro atoms. The normalized spacial score (nSPS) is 14.3. The predicted molar refractivity (Wildman–Crippen MR) is 116 cm³/mol. The minimum absolute atomic E-state index is 0.168. The van der Waals surface area contributed by atoms with Crippen LogP contribution in [0, 0.1) is 0 Å². The van der Waals surface area contributed by atoms with E-state index in [1.165, 1.54) is 35.9 Å². The first-order valence-electron chi connectivity index (χ1n) is 10.2. The molecule has 1 aliphatic rings. The quantitative estimate of drug-likeness (QED) is 0.460. The second kappa shape index (κ2) is 10.2. The van der Waals surface area contributed by atoms with Gasteiger partial charge in [-0.2, -0.15) is 0 Å². The fraction of sp³-hybridized carbons (Fsp3) is 0.600. The number of ether oxygens (including phenoxy) is 1. The zero-order chi connectivity index (χ0) is 20.8. The molecule has 2 aromatic rings. The largest absolute Gasteiger partial charge is 0.462 e. The van der Waals surface area contributed by atoms with Gasteiger partial charge in [-0.1, -0.05) is 31.5 Å². The summed E-state index contributed by atoms with van der Waals surface area (Å²) >= 11 is 2.80. The van der Waals surface area contributed by atoms with Gasteiger partial charge in [-0.3, -0.25) is 4.79 Å². The van der Waals surface area contributed by atoms with Crippen molar-refractivity contribution in [2.24, 2.45) is 0 Å². The van der Waals surface area contributed by atoms with Crippen molar-refractivity contribution in [3.63, 3.8) is 0 Å². The number of nitrogens with one attached hydrogen (secondary N) is 1. The Bertz CT molecular complexity index is 856. The summed E-state index contributed by atoms with van der Waals surface area (Å²) < 4.78 is 7.23. The summed E-state index contributed by atoms with van der Waals surface area (Å²) in [5.74, 6) is 1.17. The molecule has 2 heterocycles. The van der Waals surface area contributed by atoms with Crippen molar-refractivity contribution < 1.29 is 14.3 Å². The number of anilines is 1. The molecule has 9 heteroatoms. The van der Waals surface area contributed by atoms with E-state index >= 15 is 0 Å². The van der Waals surface area contributed by atoms with Crippen molar-refractivity contribution in [1.29, 1.82) is 0 Å². The Hall–Kier alpha value is -1.87. The first kappa shape index (κ1) is 21.8. The number of aryl methyl sites for hydroxylation is 1. The molecule has 0 bridgehead atoms. The molecule has 1 N–H and O–H groups in total. The molecule has 0 radical (unpaired) electrons. The molecule has 1 aliphatic carbocycles. The third kappa shape index (κ3) is 5.19. The molecule has 29 heavy (non-hydrogen) atoms. The highest BCUT2D eigenvalue weighted by Crippen LogP contribution is 2.34. The van der Waals surface area contributed by atoms with Crippen molar-refractivity contribution in [2.75, 3.05) is 17.7 Å². The first-order valence-corrected chi connectivity index (χ1v) is 12.0. The molecule has 0 saturated heterocycles. The van der Waals surface area contributed by atoms with E-state index in [0.717, 1.165) is 41.7 Å². The van der Waals surface area contributed by atoms with E-state index in [1.807, 2.05) is 6.92 Å². The number of thiophene rings is 1. The Kier molecular flexibility index (Phi) is 7.71. The Labute approximate surface area is 179 Å². The summed E-state index contributed by atoms with van der Waals surface area (Å²) in [4.78, 5) is 25.7. The van der Waals surface area contributed by atoms with Crippen molar-refractivity contribution in [3.8, 4) is 0 Å². The number of aromatic nitrogens is 3. The number of carbonyl (C=O) groups is 2. The van der Waals surface area contributed by atoms with Crippen LogP contribution in [0.25, 0.3) is 0 Å². The molecule has 2 aromatic heterocycles. The molecule has 1 fully saturated rings. The van der Waals surface area contributed by atoms with E-state index in [1.54, 1.807) is 13.0 Å². The lowest BCUT2D eigenvalue weighted by atomic mass is 10.1. The molecule has 1 saturated carbocycles. The Morgan fingerprint density at radius 1 is 1.28 bits per heavy atom. The molecule has 0 unspecified atom stereocenters. The van der Waals surface area contributed by atoms with Gasteiger partial charge in [0.25, 0.3) is 0 Å². The van der Waals surface area contributed by atoms with Gasteiger partial charge >= 0.3 is 5.97 Å². The summed E-state index contributed by atoms with van der Waals surface area (Å²) in [6, 6.07) is 1.80. The Morgan fingerprint density at radius 3 is 2.69 bits per heavy atom. The third-order valence-electron chi connectivity index (χ3n) is 4.99. The molecular formula is C20H28N4O3S2. The number of thioether (sulfide) groups is 1. The second-order valence-electron chi connectivity index (χ2n) is 6.93. The monoisotopic (exact) mass is 436 g/mol. The smallest absolute Gasteiger partial charge is 0.341 e. The standard InChI is InChI=1S/C20H28N4O3S2/c1-4-14-11-15(19(26)27-6-3)18(29-14)21-16(25)12-28-20-23-22-17(24(20)5-2)13-9-7-8-10-13/h11,13H,4-10,12H2,1-3H3,(H,21,25). The number of esters is 1. The molecule has 1 amide bonds. The van der Waals surface area contributed by atoms with Crippen molar-refractivity contribution >= 4 is 40.0 Å². The number of carbonyl (C=O) groups excluding carboxylic acids is 2. The van der Waals surface area contributed by atoms with E-state index in [2.05, 4.69) is 27.0 Å². The fourth-order valence-corrected chi connectivity index (χ4v) is 5.36. The minimum Gasteiger partial charge on any atom is -0.462 e. The lowest BCUT2D eigenvalue weighted by Crippen LogP contribution is -2.16. The minimum atomic E-state index is -0.404. The molecule has 7 nitrogen and oxygen atoms in total. The lowest BCUT2D eigenvalue weighted by molar-refractivity contribution is -0.113. The zero-order valence-corrected chi connectivity index (χ0v) is 18.8.